The van der Waals surface area contributed by atoms with Crippen molar-refractivity contribution in [2.45, 2.75) is 31.8 Å². The number of ether oxygens (including phenoxy) is 1. The molecule has 1 unspecified atom stereocenters. The Hall–Kier alpha value is -0.470. The molecular formula is C11H17N3O12P3-3. The third-order valence-corrected chi connectivity index (χ3v) is 9.32. The molecule has 2 rings (SSSR count). The molecule has 15 nitrogen and oxygen atoms in total. The molecule has 0 spiro atoms. The maximum Gasteiger partial charge on any atom is 0.341 e. The third kappa shape index (κ3) is 7.31. The molecule has 1 fully saturated rings. The second kappa shape index (κ2) is 8.95. The highest BCUT2D eigenvalue weighted by Gasteiger charge is 2.41. The van der Waals surface area contributed by atoms with Gasteiger partial charge in [-0.15, -0.1) is 7.94 Å². The van der Waals surface area contributed by atoms with Crippen LogP contribution >= 0.6 is 23.9 Å². The quantitative estimate of drug-likeness (QED) is 0.255. The van der Waals surface area contributed by atoms with Crippen LogP contribution in [0.3, 0.4) is 0 Å². The van der Waals surface area contributed by atoms with E-state index in [1.54, 1.807) is 0 Å². The van der Waals surface area contributed by atoms with Crippen LogP contribution in [0.4, 0.5) is 0 Å². The first-order valence-electron chi connectivity index (χ1n) is 7.82. The van der Waals surface area contributed by atoms with Gasteiger partial charge in [0.1, 0.15) is 18.9 Å². The van der Waals surface area contributed by atoms with Crippen LogP contribution in [0.2, 0.25) is 0 Å². The number of aromatic amines is 1. The first-order valence-corrected chi connectivity index (χ1v) is 12.9. The molecule has 0 saturated carbocycles. The summed E-state index contributed by atoms with van der Waals surface area (Å²) < 4.78 is 10.8. The van der Waals surface area contributed by atoms with Gasteiger partial charge in [-0.05, 0) is 11.8 Å². The van der Waals surface area contributed by atoms with Crippen molar-refractivity contribution in [2.75, 3.05) is 12.5 Å². The summed E-state index contributed by atoms with van der Waals surface area (Å²) in [6.07, 6.45) is -2.57. The number of aliphatic hydroxyl groups excluding tert-OH is 1. The van der Waals surface area contributed by atoms with E-state index >= 15 is 0 Å². The zero-order valence-electron chi connectivity index (χ0n) is 14.7. The molecule has 166 valence electrons. The largest absolute Gasteiger partial charge is 0.685 e. The third-order valence-electron chi connectivity index (χ3n) is 3.71. The van der Waals surface area contributed by atoms with Crippen LogP contribution in [0, 0.1) is 6.92 Å². The van der Waals surface area contributed by atoms with Gasteiger partial charge in [0.05, 0.1) is 14.0 Å². The van der Waals surface area contributed by atoms with Gasteiger partial charge in [-0.2, -0.15) is 4.52 Å². The molecule has 29 heavy (non-hydrogen) atoms. The van der Waals surface area contributed by atoms with Crippen LogP contribution in [0.5, 0.6) is 0 Å². The van der Waals surface area contributed by atoms with Crippen molar-refractivity contribution in [3.05, 3.63) is 32.6 Å². The van der Waals surface area contributed by atoms with Crippen LogP contribution in [0.15, 0.2) is 15.8 Å². The van der Waals surface area contributed by atoms with Gasteiger partial charge in [0.2, 0.25) is 0 Å². The maximum absolute atomic E-state index is 11.9. The summed E-state index contributed by atoms with van der Waals surface area (Å²) in [7, 11) is -15.9. The number of H-pyrrole nitrogens is 1. The molecule has 0 radical (unpaired) electrons. The molecule has 0 bridgehead atoms. The Labute approximate surface area is 164 Å². The van der Waals surface area contributed by atoms with Gasteiger partial charge in [0, 0.05) is 18.2 Å². The van der Waals surface area contributed by atoms with E-state index in [0.717, 1.165) is 9.42 Å². The van der Waals surface area contributed by atoms with E-state index in [-0.39, 0.29) is 12.0 Å². The summed E-state index contributed by atoms with van der Waals surface area (Å²) in [5.74, 6) is -1.92. The van der Waals surface area contributed by atoms with Crippen LogP contribution in [-0.2, 0) is 9.26 Å². The first-order chi connectivity index (χ1) is 13.1. The molecule has 1 aliphatic heterocycles. The number of hydrogen-bond donors (Lipinski definition) is 4. The number of aliphatic hydroxyl groups is 1. The predicted molar refractivity (Wildman–Crippen MR) is 87.5 cm³/mol. The molecule has 18 heteroatoms. The summed E-state index contributed by atoms with van der Waals surface area (Å²) in [6, 6.07) is 0. The van der Waals surface area contributed by atoms with Gasteiger partial charge in [-0.25, -0.2) is 9.69 Å². The molecule has 1 aliphatic rings. The SMILES string of the molecule is Cc1cn([C@H]2C[C@H](O)[C@@H](CO[P+]([O-])(O)N[P+]([O-])([O-])C[P+]([O-])([O-])[O-])O2)c(=O)[nH]c1=O. The zero-order chi connectivity index (χ0) is 22.2. The molecular weight excluding hydrogens is 459 g/mol. The van der Waals surface area contributed by atoms with Crippen molar-refractivity contribution in [2.24, 2.45) is 0 Å². The number of aromatic nitrogens is 2. The maximum atomic E-state index is 11.9. The van der Waals surface area contributed by atoms with Gasteiger partial charge in [0.25, 0.3) is 5.56 Å². The smallest absolute Gasteiger partial charge is 0.341 e. The average Bonchev–Trinajstić information content (AvgIpc) is 2.86. The van der Waals surface area contributed by atoms with E-state index in [0.29, 0.717) is 0 Å². The minimum atomic E-state index is -5.53. The molecule has 0 aliphatic carbocycles. The second-order valence-electron chi connectivity index (χ2n) is 6.25. The predicted octanol–water partition coefficient (Wildman–Crippen LogP) is -6.59. The normalized spacial score (nSPS) is 25.2. The Balaban J connectivity index is 2.00. The zero-order valence-corrected chi connectivity index (χ0v) is 17.4. The van der Waals surface area contributed by atoms with Crippen LogP contribution in [-0.4, -0.2) is 44.3 Å². The fourth-order valence-corrected chi connectivity index (χ4v) is 7.26. The lowest BCUT2D eigenvalue weighted by molar-refractivity contribution is -0.427. The van der Waals surface area contributed by atoms with Crippen molar-refractivity contribution >= 4 is 23.9 Å². The molecule has 1 saturated heterocycles. The lowest BCUT2D eigenvalue weighted by Crippen LogP contribution is -2.46. The highest BCUT2D eigenvalue weighted by atomic mass is 31.3. The Morgan fingerprint density at radius 3 is 2.52 bits per heavy atom. The van der Waals surface area contributed by atoms with E-state index in [1.807, 2.05) is 4.98 Å². The number of rotatable bonds is 8. The van der Waals surface area contributed by atoms with E-state index < -0.39 is 66.1 Å². The molecule has 4 N–H and O–H groups in total. The Morgan fingerprint density at radius 1 is 1.31 bits per heavy atom. The van der Waals surface area contributed by atoms with Crippen molar-refractivity contribution in [1.29, 1.82) is 0 Å². The van der Waals surface area contributed by atoms with Gasteiger partial charge in [-0.3, -0.25) is 14.3 Å². The minimum absolute atomic E-state index is 0.155. The molecule has 2 heterocycles. The second-order valence-corrected chi connectivity index (χ2v) is 12.1. The number of nitrogens with one attached hydrogen (secondary N) is 2. The minimum Gasteiger partial charge on any atom is -0.685 e. The molecule has 4 atom stereocenters. The fourth-order valence-electron chi connectivity index (χ4n) is 2.49. The van der Waals surface area contributed by atoms with E-state index in [9.17, 15) is 48.9 Å². The van der Waals surface area contributed by atoms with Crippen molar-refractivity contribution in [3.8, 4) is 0 Å². The Morgan fingerprint density at radius 2 is 1.93 bits per heavy atom. The topological polar surface area (TPSA) is 264 Å². The highest BCUT2D eigenvalue weighted by Crippen LogP contribution is 2.58. The fraction of sp³-hybridized carbons (Fsp3) is 0.636. The summed E-state index contributed by atoms with van der Waals surface area (Å²) in [6.45, 7) is 0.611. The van der Waals surface area contributed by atoms with Crippen molar-refractivity contribution in [3.63, 3.8) is 0 Å². The van der Waals surface area contributed by atoms with Gasteiger partial charge in [-0.1, -0.05) is 0 Å². The monoisotopic (exact) mass is 476 g/mol. The summed E-state index contributed by atoms with van der Waals surface area (Å²) in [5.41, 5.74) is -1.24. The van der Waals surface area contributed by atoms with E-state index in [2.05, 4.69) is 4.52 Å². The molecule has 0 aromatic carbocycles. The van der Waals surface area contributed by atoms with Crippen molar-refractivity contribution in [1.82, 2.24) is 14.4 Å². The van der Waals surface area contributed by atoms with Crippen LogP contribution in [0.25, 0.3) is 0 Å². The standard InChI is InChI=1S/C11H20N3O12P3/c1-6-3-14(11(17)12-10(6)16)9-2-7(15)8(26-9)4-25-29(23,24)13-27(18,19)5-28(20,21)22/h3,7-9,15H,2,4-5H2,1H3,(H,12,16,17)(H2,20,21,22)(H3,13,18,19,23,24)/p-3/t7-,8+,9+/m0/s1. The summed E-state index contributed by atoms with van der Waals surface area (Å²) in [5, 5.41) is 10.00. The average molecular weight is 476 g/mol. The van der Waals surface area contributed by atoms with Crippen LogP contribution in [0.1, 0.15) is 18.2 Å². The number of nitrogens with zero attached hydrogens (tertiary/aromatic N) is 1. The van der Waals surface area contributed by atoms with Gasteiger partial charge < -0.3 is 39.2 Å². The lowest BCUT2D eigenvalue weighted by Gasteiger charge is -2.48. The summed E-state index contributed by atoms with van der Waals surface area (Å²) in [4.78, 5) is 102. The Kier molecular flexibility index (Phi) is 7.65. The highest BCUT2D eigenvalue weighted by molar-refractivity contribution is 7.80. The molecule has 1 aromatic rings. The molecule has 1 aromatic heterocycles. The number of hydrogen-bond acceptors (Lipinski definition) is 13. The molecule has 0 amide bonds. The van der Waals surface area contributed by atoms with Crippen molar-refractivity contribution < 1.29 is 48.6 Å². The number of aryl methyl sites for hydroxylation is 1. The first kappa shape index (κ1) is 24.8. The van der Waals surface area contributed by atoms with E-state index in [1.165, 1.54) is 13.1 Å². The van der Waals surface area contributed by atoms with Crippen LogP contribution < -0.4 is 45.5 Å². The van der Waals surface area contributed by atoms with Gasteiger partial charge in [0.15, 0.2) is 5.90 Å². The van der Waals surface area contributed by atoms with E-state index in [4.69, 9.17) is 4.74 Å². The Bertz CT molecular complexity index is 837. The summed E-state index contributed by atoms with van der Waals surface area (Å²) >= 11 is 0. The lowest BCUT2D eigenvalue weighted by atomic mass is 10.2. The van der Waals surface area contributed by atoms with Gasteiger partial charge >= 0.3 is 13.8 Å².